The molecule has 0 radical (unpaired) electrons. The summed E-state index contributed by atoms with van der Waals surface area (Å²) < 4.78 is 39.5. The predicted molar refractivity (Wildman–Crippen MR) is 134 cm³/mol. The Kier molecular flexibility index (Phi) is 5.66. The van der Waals surface area contributed by atoms with Gasteiger partial charge in [0.25, 0.3) is 0 Å². The molecule has 4 heteroatoms. The van der Waals surface area contributed by atoms with Crippen LogP contribution in [-0.2, 0) is 5.41 Å². The first kappa shape index (κ1) is 22.9. The molecule has 0 aliphatic heterocycles. The maximum atomic E-state index is 13.2. The van der Waals surface area contributed by atoms with E-state index in [1.165, 1.54) is 16.3 Å². The average Bonchev–Trinajstić information content (AvgIpc) is 3.23. The summed E-state index contributed by atoms with van der Waals surface area (Å²) in [6, 6.07) is 22.8. The number of hydrogen-bond donors (Lipinski definition) is 0. The van der Waals surface area contributed by atoms with Crippen LogP contribution in [0, 0.1) is 5.92 Å². The Hall–Kier alpha value is -2.88. The summed E-state index contributed by atoms with van der Waals surface area (Å²) in [6.45, 7) is 6.66. The third-order valence-electron chi connectivity index (χ3n) is 7.28. The first-order valence-corrected chi connectivity index (χ1v) is 12.1. The number of halogens is 3. The number of alkyl halides is 3. The highest BCUT2D eigenvalue weighted by molar-refractivity contribution is 5.92. The minimum Gasteiger partial charge on any atom is -0.248 e. The molecule has 1 aromatic heterocycles. The van der Waals surface area contributed by atoms with Gasteiger partial charge in [-0.25, -0.2) is 4.98 Å². The van der Waals surface area contributed by atoms with Crippen molar-refractivity contribution in [3.63, 3.8) is 0 Å². The number of pyridine rings is 1. The zero-order valence-electron chi connectivity index (χ0n) is 19.9. The smallest absolute Gasteiger partial charge is 0.248 e. The number of nitrogens with zero attached hydrogens (tertiary/aromatic N) is 1. The van der Waals surface area contributed by atoms with Crippen molar-refractivity contribution < 1.29 is 13.2 Å². The molecule has 176 valence electrons. The molecule has 0 saturated heterocycles. The molecule has 0 spiro atoms. The third-order valence-corrected chi connectivity index (χ3v) is 7.28. The highest BCUT2D eigenvalue weighted by Crippen LogP contribution is 2.46. The summed E-state index contributed by atoms with van der Waals surface area (Å²) in [7, 11) is 0. The van der Waals surface area contributed by atoms with Crippen molar-refractivity contribution in [2.75, 3.05) is 0 Å². The van der Waals surface area contributed by atoms with Gasteiger partial charge in [0.1, 0.15) is 0 Å². The summed E-state index contributed by atoms with van der Waals surface area (Å²) in [5, 5.41) is 3.41. The highest BCUT2D eigenvalue weighted by atomic mass is 19.4. The summed E-state index contributed by atoms with van der Waals surface area (Å²) in [5.41, 5.74) is 5.06. The second kappa shape index (κ2) is 8.41. The minimum atomic E-state index is -4.12. The van der Waals surface area contributed by atoms with Crippen molar-refractivity contribution in [3.05, 3.63) is 77.9 Å². The summed E-state index contributed by atoms with van der Waals surface area (Å²) >= 11 is 0. The van der Waals surface area contributed by atoms with E-state index in [1.54, 1.807) is 0 Å². The van der Waals surface area contributed by atoms with Crippen LogP contribution in [0.25, 0.3) is 32.9 Å². The van der Waals surface area contributed by atoms with E-state index in [-0.39, 0.29) is 17.3 Å². The molecular weight excluding hydrogens is 431 g/mol. The zero-order chi connectivity index (χ0) is 24.1. The van der Waals surface area contributed by atoms with E-state index in [9.17, 15) is 13.2 Å². The molecule has 1 aliphatic carbocycles. The molecule has 34 heavy (non-hydrogen) atoms. The highest BCUT2D eigenvalue weighted by Gasteiger charge is 2.39. The Morgan fingerprint density at radius 2 is 1.65 bits per heavy atom. The van der Waals surface area contributed by atoms with E-state index in [1.807, 2.05) is 24.3 Å². The Morgan fingerprint density at radius 1 is 0.853 bits per heavy atom. The van der Waals surface area contributed by atoms with Crippen LogP contribution in [0.1, 0.15) is 63.5 Å². The molecule has 1 heterocycles. The van der Waals surface area contributed by atoms with E-state index >= 15 is 0 Å². The molecule has 2 unspecified atom stereocenters. The number of rotatable bonds is 3. The number of fused-ring (bicyclic) bond motifs is 2. The van der Waals surface area contributed by atoms with Crippen molar-refractivity contribution >= 4 is 21.7 Å². The molecule has 1 aliphatic rings. The van der Waals surface area contributed by atoms with Gasteiger partial charge in [-0.2, -0.15) is 13.2 Å². The first-order valence-electron chi connectivity index (χ1n) is 12.1. The lowest BCUT2D eigenvalue weighted by atomic mass is 9.82. The van der Waals surface area contributed by atoms with Gasteiger partial charge in [-0.15, -0.1) is 0 Å². The van der Waals surface area contributed by atoms with E-state index in [2.05, 4.69) is 63.2 Å². The molecule has 0 bridgehead atoms. The molecule has 1 saturated carbocycles. The predicted octanol–water partition coefficient (Wildman–Crippen LogP) is 9.19. The summed E-state index contributed by atoms with van der Waals surface area (Å²) in [5.74, 6) is -0.411. The topological polar surface area (TPSA) is 12.9 Å². The van der Waals surface area contributed by atoms with Gasteiger partial charge in [0, 0.05) is 17.4 Å². The van der Waals surface area contributed by atoms with Gasteiger partial charge >= 0.3 is 6.18 Å². The third kappa shape index (κ3) is 4.43. The Morgan fingerprint density at radius 3 is 2.41 bits per heavy atom. The molecule has 1 fully saturated rings. The molecule has 2 atom stereocenters. The van der Waals surface area contributed by atoms with Crippen molar-refractivity contribution in [3.8, 4) is 11.3 Å². The first-order chi connectivity index (χ1) is 16.1. The minimum absolute atomic E-state index is 0.0183. The van der Waals surface area contributed by atoms with E-state index in [0.717, 1.165) is 40.6 Å². The fourth-order valence-corrected chi connectivity index (χ4v) is 5.73. The Balaban J connectivity index is 1.59. The van der Waals surface area contributed by atoms with Crippen LogP contribution in [-0.4, -0.2) is 11.2 Å². The molecule has 4 aromatic rings. The Bertz CT molecular complexity index is 1350. The van der Waals surface area contributed by atoms with E-state index < -0.39 is 12.6 Å². The molecule has 5 rings (SSSR count). The number of hydrogen-bond acceptors (Lipinski definition) is 1. The molecule has 1 nitrogen and oxygen atoms in total. The summed E-state index contributed by atoms with van der Waals surface area (Å²) in [4.78, 5) is 4.98. The second-order valence-corrected chi connectivity index (χ2v) is 10.7. The van der Waals surface area contributed by atoms with E-state index in [4.69, 9.17) is 4.98 Å². The monoisotopic (exact) mass is 461 g/mol. The van der Waals surface area contributed by atoms with Gasteiger partial charge in [-0.1, -0.05) is 69.7 Å². The maximum Gasteiger partial charge on any atom is 0.389 e. The molecular formula is C30H30F3N. The van der Waals surface area contributed by atoms with Crippen LogP contribution in [0.2, 0.25) is 0 Å². The van der Waals surface area contributed by atoms with Crippen LogP contribution in [0.5, 0.6) is 0 Å². The van der Waals surface area contributed by atoms with Crippen LogP contribution < -0.4 is 0 Å². The molecule has 3 aromatic carbocycles. The van der Waals surface area contributed by atoms with Crippen molar-refractivity contribution in [2.24, 2.45) is 5.92 Å². The number of aromatic nitrogens is 1. The maximum absolute atomic E-state index is 13.2. The van der Waals surface area contributed by atoms with Gasteiger partial charge in [-0.05, 0) is 76.3 Å². The average molecular weight is 462 g/mol. The molecule has 0 N–H and O–H groups in total. The normalized spacial score (nSPS) is 19.2. The zero-order valence-corrected chi connectivity index (χ0v) is 19.9. The molecule has 0 amide bonds. The van der Waals surface area contributed by atoms with Gasteiger partial charge in [0.15, 0.2) is 0 Å². The van der Waals surface area contributed by atoms with Gasteiger partial charge < -0.3 is 0 Å². The van der Waals surface area contributed by atoms with Crippen molar-refractivity contribution in [1.82, 2.24) is 4.98 Å². The Labute approximate surface area is 199 Å². The van der Waals surface area contributed by atoms with Gasteiger partial charge in [0.05, 0.1) is 11.2 Å². The lowest BCUT2D eigenvalue weighted by Gasteiger charge is -2.23. The summed E-state index contributed by atoms with van der Waals surface area (Å²) in [6.07, 6.45) is -2.53. The van der Waals surface area contributed by atoms with E-state index in [0.29, 0.717) is 6.42 Å². The van der Waals surface area contributed by atoms with Crippen molar-refractivity contribution in [2.45, 2.75) is 64.0 Å². The fraction of sp³-hybridized carbons (Fsp3) is 0.367. The van der Waals surface area contributed by atoms with Crippen molar-refractivity contribution in [1.29, 1.82) is 0 Å². The van der Waals surface area contributed by atoms with Crippen LogP contribution >= 0.6 is 0 Å². The standard InChI is InChI=1S/C30H30F3N/c1-29(2,3)26-17-21(16-19-8-4-5-10-23(19)26)27-15-14-25-24(12-7-13-28(25)34-27)22-11-6-9-20(22)18-30(31,32)33/h4-5,7-8,10,12-17,20,22H,6,9,11,18H2,1-3H3. The largest absolute Gasteiger partial charge is 0.389 e. The SMILES string of the molecule is CC(C)(C)c1cc(-c2ccc3c(C4CCCC4CC(F)(F)F)cccc3n2)cc2ccccc12. The quantitative estimate of drug-likeness (QED) is 0.296. The lowest BCUT2D eigenvalue weighted by molar-refractivity contribution is -0.145. The lowest BCUT2D eigenvalue weighted by Crippen LogP contribution is -2.17. The van der Waals surface area contributed by atoms with Crippen LogP contribution in [0.4, 0.5) is 13.2 Å². The fourth-order valence-electron chi connectivity index (χ4n) is 5.73. The number of benzene rings is 3. The van der Waals surface area contributed by atoms with Gasteiger partial charge in [0.2, 0.25) is 0 Å². The van der Waals surface area contributed by atoms with Gasteiger partial charge in [-0.3, -0.25) is 0 Å². The second-order valence-electron chi connectivity index (χ2n) is 10.7. The van der Waals surface area contributed by atoms with Crippen LogP contribution in [0.3, 0.4) is 0 Å². The van der Waals surface area contributed by atoms with Crippen LogP contribution in [0.15, 0.2) is 66.7 Å².